The standard InChI is InChI=1S/C16H23BrFNO/c1-19-15(13-10-12(17)8-9-14(13)18)16(20-2)11-6-4-3-5-7-11/h8-11,15-16,19H,3-7H2,1-2H3. The second-order valence-corrected chi connectivity index (χ2v) is 6.45. The summed E-state index contributed by atoms with van der Waals surface area (Å²) in [6, 6.07) is 4.98. The number of benzene rings is 1. The third kappa shape index (κ3) is 3.60. The molecule has 0 aliphatic heterocycles. The summed E-state index contributed by atoms with van der Waals surface area (Å²) in [5, 5.41) is 3.25. The molecule has 1 saturated carbocycles. The number of nitrogens with one attached hydrogen (secondary N) is 1. The van der Waals surface area contributed by atoms with Gasteiger partial charge in [0, 0.05) is 17.1 Å². The van der Waals surface area contributed by atoms with Crippen LogP contribution in [-0.2, 0) is 4.74 Å². The Morgan fingerprint density at radius 3 is 2.60 bits per heavy atom. The molecule has 2 nitrogen and oxygen atoms in total. The van der Waals surface area contributed by atoms with E-state index < -0.39 is 0 Å². The summed E-state index contributed by atoms with van der Waals surface area (Å²) in [4.78, 5) is 0. The molecule has 1 aliphatic carbocycles. The van der Waals surface area contributed by atoms with Crippen LogP contribution in [-0.4, -0.2) is 20.3 Å². The average Bonchev–Trinajstić information content (AvgIpc) is 2.48. The number of rotatable bonds is 5. The van der Waals surface area contributed by atoms with Crippen molar-refractivity contribution in [1.29, 1.82) is 0 Å². The van der Waals surface area contributed by atoms with E-state index in [0.717, 1.165) is 4.47 Å². The molecule has 1 fully saturated rings. The average molecular weight is 344 g/mol. The molecule has 1 N–H and O–H groups in total. The smallest absolute Gasteiger partial charge is 0.128 e. The molecule has 2 unspecified atom stereocenters. The van der Waals surface area contributed by atoms with Crippen LogP contribution in [0.3, 0.4) is 0 Å². The summed E-state index contributed by atoms with van der Waals surface area (Å²) in [6.45, 7) is 0. The lowest BCUT2D eigenvalue weighted by Crippen LogP contribution is -2.38. The van der Waals surface area contributed by atoms with Crippen molar-refractivity contribution in [3.63, 3.8) is 0 Å². The molecular weight excluding hydrogens is 321 g/mol. The molecule has 0 radical (unpaired) electrons. The number of methoxy groups -OCH3 is 1. The zero-order valence-electron chi connectivity index (χ0n) is 12.2. The molecule has 2 atom stereocenters. The van der Waals surface area contributed by atoms with Crippen LogP contribution in [0.25, 0.3) is 0 Å². The fraction of sp³-hybridized carbons (Fsp3) is 0.625. The van der Waals surface area contributed by atoms with Crippen LogP contribution >= 0.6 is 15.9 Å². The van der Waals surface area contributed by atoms with Crippen molar-refractivity contribution in [3.8, 4) is 0 Å². The van der Waals surface area contributed by atoms with Crippen molar-refractivity contribution in [2.45, 2.75) is 44.2 Å². The van der Waals surface area contributed by atoms with E-state index in [2.05, 4.69) is 21.2 Å². The lowest BCUT2D eigenvalue weighted by Gasteiger charge is -2.35. The zero-order valence-corrected chi connectivity index (χ0v) is 13.7. The van der Waals surface area contributed by atoms with E-state index in [1.165, 1.54) is 38.2 Å². The summed E-state index contributed by atoms with van der Waals surface area (Å²) < 4.78 is 20.8. The van der Waals surface area contributed by atoms with Crippen LogP contribution in [0.5, 0.6) is 0 Å². The molecule has 112 valence electrons. The minimum atomic E-state index is -0.176. The number of halogens is 2. The predicted molar refractivity (Wildman–Crippen MR) is 83.3 cm³/mol. The van der Waals surface area contributed by atoms with Gasteiger partial charge in [-0.25, -0.2) is 4.39 Å². The number of likely N-dealkylation sites (N-methyl/N-ethyl adjacent to an activating group) is 1. The van der Waals surface area contributed by atoms with Gasteiger partial charge in [0.05, 0.1) is 12.1 Å². The van der Waals surface area contributed by atoms with Crippen LogP contribution in [0.2, 0.25) is 0 Å². The van der Waals surface area contributed by atoms with E-state index in [1.54, 1.807) is 13.2 Å². The highest BCUT2D eigenvalue weighted by Gasteiger charge is 2.32. The van der Waals surface area contributed by atoms with E-state index in [0.29, 0.717) is 11.5 Å². The Bertz CT molecular complexity index is 434. The van der Waals surface area contributed by atoms with E-state index in [-0.39, 0.29) is 18.0 Å². The van der Waals surface area contributed by atoms with Gasteiger partial charge < -0.3 is 10.1 Å². The molecule has 0 saturated heterocycles. The summed E-state index contributed by atoms with van der Waals surface area (Å²) in [6.07, 6.45) is 6.18. The fourth-order valence-corrected chi connectivity index (χ4v) is 3.69. The fourth-order valence-electron chi connectivity index (χ4n) is 3.31. The topological polar surface area (TPSA) is 21.3 Å². The molecule has 1 aromatic rings. The Balaban J connectivity index is 2.26. The summed E-state index contributed by atoms with van der Waals surface area (Å²) in [5.74, 6) is 0.329. The molecule has 20 heavy (non-hydrogen) atoms. The van der Waals surface area contributed by atoms with Crippen LogP contribution < -0.4 is 5.32 Å². The van der Waals surface area contributed by atoms with Gasteiger partial charge in [-0.2, -0.15) is 0 Å². The quantitative estimate of drug-likeness (QED) is 0.852. The van der Waals surface area contributed by atoms with Gasteiger partial charge in [-0.3, -0.25) is 0 Å². The molecule has 1 aromatic carbocycles. The third-order valence-corrected chi connectivity index (χ3v) is 4.81. The molecule has 0 spiro atoms. The second kappa shape index (κ2) is 7.53. The largest absolute Gasteiger partial charge is 0.379 e. The Kier molecular flexibility index (Phi) is 6.00. The van der Waals surface area contributed by atoms with Crippen molar-refractivity contribution < 1.29 is 9.13 Å². The second-order valence-electron chi connectivity index (χ2n) is 5.53. The van der Waals surface area contributed by atoms with Gasteiger partial charge >= 0.3 is 0 Å². The first-order valence-corrected chi connectivity index (χ1v) is 8.11. The normalized spacial score (nSPS) is 19.8. The van der Waals surface area contributed by atoms with Crippen molar-refractivity contribution in [2.24, 2.45) is 5.92 Å². The van der Waals surface area contributed by atoms with Crippen LogP contribution in [0.15, 0.2) is 22.7 Å². The van der Waals surface area contributed by atoms with Gasteiger partial charge in [-0.1, -0.05) is 35.2 Å². The monoisotopic (exact) mass is 343 g/mol. The predicted octanol–water partition coefficient (Wildman–Crippen LogP) is 4.44. The number of hydrogen-bond acceptors (Lipinski definition) is 2. The minimum absolute atomic E-state index is 0.0177. The van der Waals surface area contributed by atoms with Gasteiger partial charge in [-0.15, -0.1) is 0 Å². The first kappa shape index (κ1) is 15.9. The van der Waals surface area contributed by atoms with Crippen molar-refractivity contribution in [3.05, 3.63) is 34.1 Å². The van der Waals surface area contributed by atoms with Gasteiger partial charge in [0.2, 0.25) is 0 Å². The van der Waals surface area contributed by atoms with Crippen molar-refractivity contribution in [2.75, 3.05) is 14.2 Å². The molecule has 1 aliphatic rings. The van der Waals surface area contributed by atoms with Gasteiger partial charge in [-0.05, 0) is 44.0 Å². The maximum absolute atomic E-state index is 14.2. The Hall–Kier alpha value is -0.450. The van der Waals surface area contributed by atoms with Crippen LogP contribution in [0.4, 0.5) is 4.39 Å². The van der Waals surface area contributed by atoms with Crippen LogP contribution in [0, 0.1) is 11.7 Å². The maximum Gasteiger partial charge on any atom is 0.128 e. The minimum Gasteiger partial charge on any atom is -0.379 e. The van der Waals surface area contributed by atoms with E-state index in [1.807, 2.05) is 13.1 Å². The Morgan fingerprint density at radius 2 is 2.00 bits per heavy atom. The Morgan fingerprint density at radius 1 is 1.30 bits per heavy atom. The highest BCUT2D eigenvalue weighted by Crippen LogP contribution is 2.35. The van der Waals surface area contributed by atoms with E-state index in [9.17, 15) is 4.39 Å². The summed E-state index contributed by atoms with van der Waals surface area (Å²) in [7, 11) is 3.61. The van der Waals surface area contributed by atoms with Gasteiger partial charge in [0.25, 0.3) is 0 Å². The number of ether oxygens (including phenoxy) is 1. The SMILES string of the molecule is CNC(c1cc(Br)ccc1F)C(OC)C1CCCCC1. The molecular formula is C16H23BrFNO. The first-order valence-electron chi connectivity index (χ1n) is 7.32. The Labute approximate surface area is 129 Å². The maximum atomic E-state index is 14.2. The summed E-state index contributed by atoms with van der Waals surface area (Å²) >= 11 is 3.43. The number of hydrogen-bond donors (Lipinski definition) is 1. The lowest BCUT2D eigenvalue weighted by atomic mass is 9.81. The van der Waals surface area contributed by atoms with E-state index in [4.69, 9.17) is 4.74 Å². The van der Waals surface area contributed by atoms with Gasteiger partial charge in [0.15, 0.2) is 0 Å². The summed E-state index contributed by atoms with van der Waals surface area (Å²) in [5.41, 5.74) is 0.680. The molecule has 4 heteroatoms. The van der Waals surface area contributed by atoms with E-state index >= 15 is 0 Å². The molecule has 0 heterocycles. The van der Waals surface area contributed by atoms with Gasteiger partial charge in [0.1, 0.15) is 5.82 Å². The van der Waals surface area contributed by atoms with Crippen molar-refractivity contribution in [1.82, 2.24) is 5.32 Å². The highest BCUT2D eigenvalue weighted by atomic mass is 79.9. The van der Waals surface area contributed by atoms with Crippen LogP contribution in [0.1, 0.15) is 43.7 Å². The van der Waals surface area contributed by atoms with Crippen molar-refractivity contribution >= 4 is 15.9 Å². The molecule has 0 amide bonds. The molecule has 2 rings (SSSR count). The highest BCUT2D eigenvalue weighted by molar-refractivity contribution is 9.10. The lowest BCUT2D eigenvalue weighted by molar-refractivity contribution is 0.00857. The third-order valence-electron chi connectivity index (χ3n) is 4.32. The molecule has 0 bridgehead atoms. The first-order chi connectivity index (χ1) is 9.67. The molecule has 0 aromatic heterocycles. The zero-order chi connectivity index (χ0) is 14.5.